The van der Waals surface area contributed by atoms with Gasteiger partial charge >= 0.3 is 0 Å². The molecule has 38 heavy (non-hydrogen) atoms. The van der Waals surface area contributed by atoms with Gasteiger partial charge < -0.3 is 9.64 Å². The topological polar surface area (TPSA) is 75.7 Å². The summed E-state index contributed by atoms with van der Waals surface area (Å²) in [5.74, 6) is 1.30. The lowest BCUT2D eigenvalue weighted by atomic mass is 9.68. The largest absolute Gasteiger partial charge is 0.490 e. The predicted octanol–water partition coefficient (Wildman–Crippen LogP) is 5.94. The molecule has 0 aromatic heterocycles. The van der Waals surface area contributed by atoms with Crippen LogP contribution in [0.2, 0.25) is 0 Å². The molecule has 3 atom stereocenters. The molecule has 1 saturated carbocycles. The van der Waals surface area contributed by atoms with E-state index in [1.165, 1.54) is 24.0 Å². The van der Waals surface area contributed by atoms with Gasteiger partial charge in [0.05, 0.1) is 18.0 Å². The highest BCUT2D eigenvalue weighted by Crippen LogP contribution is 2.48. The molecule has 0 radical (unpaired) electrons. The molecule has 1 fully saturated rings. The molecule has 0 saturated heterocycles. The van der Waals surface area contributed by atoms with Crippen LogP contribution in [0.25, 0.3) is 0 Å². The number of sulfonamides is 1. The normalized spacial score (nSPS) is 30.6. The molecule has 2 heterocycles. The van der Waals surface area contributed by atoms with E-state index in [1.807, 2.05) is 18.2 Å². The van der Waals surface area contributed by atoms with Gasteiger partial charge in [0.15, 0.2) is 0 Å². The van der Waals surface area contributed by atoms with Crippen molar-refractivity contribution in [2.75, 3.05) is 30.3 Å². The zero-order valence-electron chi connectivity index (χ0n) is 22.5. The molecule has 1 aromatic carbocycles. The number of anilines is 1. The molecule has 2 aliphatic heterocycles. The van der Waals surface area contributed by atoms with Gasteiger partial charge in [0.2, 0.25) is 10.0 Å². The van der Waals surface area contributed by atoms with Crippen molar-refractivity contribution in [1.82, 2.24) is 4.72 Å². The molecule has 5 rings (SSSR count). The highest BCUT2D eigenvalue weighted by molar-refractivity contribution is 7.90. The number of hydrogen-bond donors (Lipinski definition) is 1. The summed E-state index contributed by atoms with van der Waals surface area (Å²) in [6.07, 6.45) is 18.4. The van der Waals surface area contributed by atoms with E-state index in [1.54, 1.807) is 6.07 Å². The minimum Gasteiger partial charge on any atom is -0.490 e. The van der Waals surface area contributed by atoms with Gasteiger partial charge in [-0.1, -0.05) is 37.0 Å². The monoisotopic (exact) mass is 536 g/mol. The number of fused-ring (bicyclic) bond motifs is 2. The van der Waals surface area contributed by atoms with Crippen molar-refractivity contribution >= 4 is 21.6 Å². The molecule has 1 spiro atoms. The molecule has 2 bridgehead atoms. The van der Waals surface area contributed by atoms with E-state index in [4.69, 9.17) is 4.74 Å². The summed E-state index contributed by atoms with van der Waals surface area (Å²) in [5, 5.41) is 0. The summed E-state index contributed by atoms with van der Waals surface area (Å²) < 4.78 is 34.0. The third-order valence-electron chi connectivity index (χ3n) is 8.83. The molecule has 7 heteroatoms. The first-order chi connectivity index (χ1) is 18.3. The highest BCUT2D eigenvalue weighted by atomic mass is 32.2. The van der Waals surface area contributed by atoms with Gasteiger partial charge in [0, 0.05) is 24.1 Å². The van der Waals surface area contributed by atoms with Gasteiger partial charge in [-0.3, -0.25) is 4.79 Å². The Bertz CT molecular complexity index is 1280. The predicted molar refractivity (Wildman–Crippen MR) is 153 cm³/mol. The quantitative estimate of drug-likeness (QED) is 0.474. The van der Waals surface area contributed by atoms with E-state index in [9.17, 15) is 13.2 Å². The Balaban J connectivity index is 1.57. The van der Waals surface area contributed by atoms with E-state index in [0.29, 0.717) is 36.8 Å². The Labute approximate surface area is 227 Å². The summed E-state index contributed by atoms with van der Waals surface area (Å²) in [5.41, 5.74) is 3.63. The number of carbonyl (C=O) groups excluding carboxylic acids is 1. The standard InChI is InChI=1S/C31H40N2O4S/c1-3-10-27-23(4-2)12-9-17-31(27)21-33-20-26-14-13-24(26)11-7-5-6-8-18-38(35,36)32-30(34)25-15-16-29(37-22-31)28(33)19-25/h3-5,7,10,15-16,19,24,26H,2,6,8-9,11-14,17-18,20-22H2,1H3,(H,32,34)/b7-5+,10-3-/t24-,26+,31+/m1/s1. The lowest BCUT2D eigenvalue weighted by Gasteiger charge is -2.44. The maximum atomic E-state index is 13.0. The Hall–Kier alpha value is -2.80. The molecule has 4 aliphatic rings. The molecular formula is C31H40N2O4S. The second kappa shape index (κ2) is 11.1. The van der Waals surface area contributed by atoms with Gasteiger partial charge in [-0.05, 0) is 99.5 Å². The third kappa shape index (κ3) is 5.49. The average molecular weight is 537 g/mol. The Morgan fingerprint density at radius 2 is 2.03 bits per heavy atom. The number of rotatable bonds is 2. The first-order valence-corrected chi connectivity index (χ1v) is 15.7. The molecule has 1 aromatic rings. The van der Waals surface area contributed by atoms with Gasteiger partial charge in [-0.15, -0.1) is 0 Å². The van der Waals surface area contributed by atoms with Crippen molar-refractivity contribution in [2.24, 2.45) is 17.3 Å². The first kappa shape index (κ1) is 26.8. The van der Waals surface area contributed by atoms with Crippen LogP contribution in [0, 0.1) is 17.3 Å². The Morgan fingerprint density at radius 1 is 1.18 bits per heavy atom. The van der Waals surface area contributed by atoms with Gasteiger partial charge in [0.25, 0.3) is 5.91 Å². The number of ether oxygens (including phenoxy) is 1. The van der Waals surface area contributed by atoms with Crippen molar-refractivity contribution in [3.63, 3.8) is 0 Å². The van der Waals surface area contributed by atoms with Crippen LogP contribution < -0.4 is 14.4 Å². The zero-order valence-corrected chi connectivity index (χ0v) is 23.3. The highest BCUT2D eigenvalue weighted by Gasteiger charge is 2.43. The van der Waals surface area contributed by atoms with Crippen LogP contribution in [0.15, 0.2) is 66.3 Å². The van der Waals surface area contributed by atoms with E-state index in [2.05, 4.69) is 47.4 Å². The fraction of sp³-hybridized carbons (Fsp3) is 0.516. The molecule has 6 nitrogen and oxygen atoms in total. The lowest BCUT2D eigenvalue weighted by Crippen LogP contribution is -2.46. The second-order valence-corrected chi connectivity index (χ2v) is 13.2. The molecule has 204 valence electrons. The van der Waals surface area contributed by atoms with E-state index in [0.717, 1.165) is 50.2 Å². The minimum absolute atomic E-state index is 0.0659. The van der Waals surface area contributed by atoms with Crippen LogP contribution in [0.4, 0.5) is 5.69 Å². The number of hydrogen-bond acceptors (Lipinski definition) is 5. The van der Waals surface area contributed by atoms with Gasteiger partial charge in [-0.25, -0.2) is 13.1 Å². The molecule has 1 N–H and O–H groups in total. The van der Waals surface area contributed by atoms with E-state index in [-0.39, 0.29) is 11.2 Å². The number of benzene rings is 1. The maximum absolute atomic E-state index is 13.0. The third-order valence-corrected chi connectivity index (χ3v) is 10.1. The van der Waals surface area contributed by atoms with Crippen molar-refractivity contribution in [1.29, 1.82) is 0 Å². The summed E-state index contributed by atoms with van der Waals surface area (Å²) in [4.78, 5) is 15.5. The number of nitrogens with one attached hydrogen (secondary N) is 1. The van der Waals surface area contributed by atoms with Crippen LogP contribution in [-0.4, -0.2) is 39.8 Å². The number of carbonyl (C=O) groups is 1. The number of allylic oxidation sites excluding steroid dienone is 6. The van der Waals surface area contributed by atoms with Crippen LogP contribution in [0.1, 0.15) is 68.6 Å². The van der Waals surface area contributed by atoms with Crippen molar-refractivity contribution in [3.8, 4) is 5.75 Å². The lowest BCUT2D eigenvalue weighted by molar-refractivity contribution is 0.0981. The van der Waals surface area contributed by atoms with E-state index >= 15 is 0 Å². The van der Waals surface area contributed by atoms with Crippen LogP contribution in [-0.2, 0) is 10.0 Å². The van der Waals surface area contributed by atoms with Crippen LogP contribution in [0.5, 0.6) is 5.75 Å². The number of nitrogens with zero attached hydrogens (tertiary/aromatic N) is 1. The molecular weight excluding hydrogens is 496 g/mol. The molecule has 2 aliphatic carbocycles. The van der Waals surface area contributed by atoms with Gasteiger partial charge in [0.1, 0.15) is 5.75 Å². The molecule has 1 amide bonds. The second-order valence-electron chi connectivity index (χ2n) is 11.3. The smallest absolute Gasteiger partial charge is 0.264 e. The summed E-state index contributed by atoms with van der Waals surface area (Å²) >= 11 is 0. The summed E-state index contributed by atoms with van der Waals surface area (Å²) in [6.45, 7) is 8.41. The van der Waals surface area contributed by atoms with Crippen molar-refractivity contribution in [2.45, 2.75) is 58.3 Å². The average Bonchev–Trinajstić information content (AvgIpc) is 3.03. The Kier molecular flexibility index (Phi) is 7.85. The molecule has 0 unspecified atom stereocenters. The fourth-order valence-corrected chi connectivity index (χ4v) is 7.66. The minimum atomic E-state index is -3.70. The van der Waals surface area contributed by atoms with E-state index < -0.39 is 15.9 Å². The SMILES string of the molecule is C=CC1=C(/C=C\C)[C@]2(CCC1)COc1ccc3cc1N(C[C@@H]1CC[C@H]1C/C=C/CCCS(=O)(=O)NC3=O)C2. The first-order valence-electron chi connectivity index (χ1n) is 14.0. The van der Waals surface area contributed by atoms with Crippen LogP contribution in [0.3, 0.4) is 0 Å². The van der Waals surface area contributed by atoms with Crippen molar-refractivity contribution in [3.05, 3.63) is 71.9 Å². The fourth-order valence-electron chi connectivity index (χ4n) is 6.61. The maximum Gasteiger partial charge on any atom is 0.264 e. The Morgan fingerprint density at radius 3 is 2.79 bits per heavy atom. The van der Waals surface area contributed by atoms with Crippen molar-refractivity contribution < 1.29 is 17.9 Å². The van der Waals surface area contributed by atoms with Gasteiger partial charge in [-0.2, -0.15) is 0 Å². The zero-order chi connectivity index (χ0) is 26.8. The number of amides is 1. The summed E-state index contributed by atoms with van der Waals surface area (Å²) in [6, 6.07) is 5.34. The summed E-state index contributed by atoms with van der Waals surface area (Å²) in [7, 11) is -3.70. The van der Waals surface area contributed by atoms with Crippen LogP contribution >= 0.6 is 0 Å².